The molecule has 0 atom stereocenters. The van der Waals surface area contributed by atoms with Crippen molar-refractivity contribution < 1.29 is 22.8 Å². The van der Waals surface area contributed by atoms with Crippen molar-refractivity contribution in [2.24, 2.45) is 0 Å². The Hall–Kier alpha value is -0.923. The molecule has 0 spiro atoms. The van der Waals surface area contributed by atoms with Crippen LogP contribution in [0.3, 0.4) is 0 Å². The first kappa shape index (κ1) is 15.1. The van der Waals surface area contributed by atoms with Gasteiger partial charge in [-0.3, -0.25) is 0 Å². The van der Waals surface area contributed by atoms with Crippen molar-refractivity contribution in [2.75, 3.05) is 41.7 Å². The van der Waals surface area contributed by atoms with Crippen LogP contribution in [0, 0.1) is 0 Å². The lowest BCUT2D eigenvalue weighted by atomic mass is 10.3. The molecule has 0 bridgehead atoms. The molecule has 18 heavy (non-hydrogen) atoms. The molecule has 0 aromatic heterocycles. The van der Waals surface area contributed by atoms with E-state index in [0.29, 0.717) is 13.2 Å². The summed E-state index contributed by atoms with van der Waals surface area (Å²) in [4.78, 5) is 0. The lowest BCUT2D eigenvalue weighted by Crippen LogP contribution is -2.54. The van der Waals surface area contributed by atoms with Crippen LogP contribution in [-0.2, 0) is 18.0 Å². The molecule has 0 amide bonds. The maximum Gasteiger partial charge on any atom is 0.536 e. The van der Waals surface area contributed by atoms with E-state index in [2.05, 4.69) is 0 Å². The van der Waals surface area contributed by atoms with Gasteiger partial charge in [0.1, 0.15) is 12.4 Å². The number of hydrogen-bond acceptors (Lipinski definition) is 5. The van der Waals surface area contributed by atoms with Gasteiger partial charge in [0, 0.05) is 33.6 Å². The summed E-state index contributed by atoms with van der Waals surface area (Å²) in [6.45, 7) is 1.09. The molecule has 0 N–H and O–H groups in total. The monoisotopic (exact) mass is 272 g/mol. The average molecular weight is 272 g/mol. The van der Waals surface area contributed by atoms with Gasteiger partial charge in [-0.15, -0.1) is 0 Å². The van der Waals surface area contributed by atoms with E-state index in [1.165, 1.54) is 0 Å². The normalized spacial score (nSPS) is 11.6. The Balaban J connectivity index is 2.74. The molecule has 0 aliphatic carbocycles. The summed E-state index contributed by atoms with van der Waals surface area (Å²) in [5, 5.41) is 0.897. The molecular formula is C12H20O5Si. The van der Waals surface area contributed by atoms with E-state index in [4.69, 9.17) is 22.8 Å². The van der Waals surface area contributed by atoms with Gasteiger partial charge in [0.15, 0.2) is 0 Å². The number of ether oxygens (including phenoxy) is 2. The van der Waals surface area contributed by atoms with E-state index in [0.717, 1.165) is 10.9 Å². The highest BCUT2D eigenvalue weighted by Gasteiger charge is 2.40. The van der Waals surface area contributed by atoms with Crippen LogP contribution in [0.5, 0.6) is 5.75 Å². The summed E-state index contributed by atoms with van der Waals surface area (Å²) >= 11 is 0. The van der Waals surface area contributed by atoms with E-state index in [1.54, 1.807) is 28.4 Å². The lowest BCUT2D eigenvalue weighted by molar-refractivity contribution is 0.140. The molecule has 0 aliphatic heterocycles. The predicted octanol–water partition coefficient (Wildman–Crippen LogP) is 0.797. The second-order valence-corrected chi connectivity index (χ2v) is 6.45. The van der Waals surface area contributed by atoms with E-state index in [9.17, 15) is 0 Å². The Bertz CT molecular complexity index is 329. The van der Waals surface area contributed by atoms with Gasteiger partial charge in [-0.05, 0) is 12.1 Å². The van der Waals surface area contributed by atoms with Crippen molar-refractivity contribution in [3.8, 4) is 5.75 Å². The van der Waals surface area contributed by atoms with E-state index < -0.39 is 8.80 Å². The van der Waals surface area contributed by atoms with Gasteiger partial charge < -0.3 is 22.8 Å². The molecule has 0 heterocycles. The van der Waals surface area contributed by atoms with Crippen molar-refractivity contribution in [1.82, 2.24) is 0 Å². The van der Waals surface area contributed by atoms with Crippen LogP contribution in [0.15, 0.2) is 24.3 Å². The van der Waals surface area contributed by atoms with Gasteiger partial charge in [0.2, 0.25) is 0 Å². The second-order valence-electron chi connectivity index (χ2n) is 3.53. The highest BCUT2D eigenvalue weighted by Crippen LogP contribution is 2.12. The van der Waals surface area contributed by atoms with Gasteiger partial charge >= 0.3 is 8.80 Å². The van der Waals surface area contributed by atoms with Crippen LogP contribution in [0.25, 0.3) is 0 Å². The number of methoxy groups -OCH3 is 1. The number of rotatable bonds is 8. The molecule has 0 unspecified atom stereocenters. The predicted molar refractivity (Wildman–Crippen MR) is 70.2 cm³/mol. The van der Waals surface area contributed by atoms with Crippen LogP contribution in [0.1, 0.15) is 0 Å². The van der Waals surface area contributed by atoms with Crippen LogP contribution in [0.2, 0.25) is 0 Å². The molecule has 0 radical (unpaired) electrons. The lowest BCUT2D eigenvalue weighted by Gasteiger charge is -2.24. The van der Waals surface area contributed by atoms with Crippen LogP contribution < -0.4 is 9.92 Å². The Morgan fingerprint density at radius 1 is 0.833 bits per heavy atom. The first-order chi connectivity index (χ1) is 8.72. The smallest absolute Gasteiger partial charge is 0.491 e. The van der Waals surface area contributed by atoms with Crippen molar-refractivity contribution in [2.45, 2.75) is 0 Å². The molecule has 0 aliphatic rings. The first-order valence-electron chi connectivity index (χ1n) is 5.60. The molecule has 102 valence electrons. The van der Waals surface area contributed by atoms with E-state index in [1.807, 2.05) is 24.3 Å². The number of hydrogen-bond donors (Lipinski definition) is 0. The third kappa shape index (κ3) is 3.53. The van der Waals surface area contributed by atoms with Crippen LogP contribution in [-0.4, -0.2) is 50.5 Å². The maximum absolute atomic E-state index is 5.48. The minimum Gasteiger partial charge on any atom is -0.491 e. The minimum absolute atomic E-state index is 0.525. The molecular weight excluding hydrogens is 252 g/mol. The van der Waals surface area contributed by atoms with Gasteiger partial charge in [-0.2, -0.15) is 0 Å². The fourth-order valence-corrected chi connectivity index (χ4v) is 3.38. The van der Waals surface area contributed by atoms with E-state index >= 15 is 0 Å². The highest BCUT2D eigenvalue weighted by atomic mass is 28.4. The molecule has 1 aromatic rings. The Labute approximate surface area is 109 Å². The number of benzene rings is 1. The van der Waals surface area contributed by atoms with Crippen LogP contribution >= 0.6 is 0 Å². The molecule has 6 heteroatoms. The van der Waals surface area contributed by atoms with Crippen molar-refractivity contribution >= 4 is 14.0 Å². The van der Waals surface area contributed by atoms with Gasteiger partial charge in [0.05, 0.1) is 6.61 Å². The van der Waals surface area contributed by atoms with E-state index in [-0.39, 0.29) is 0 Å². The Kier molecular flexibility index (Phi) is 6.30. The molecule has 0 saturated heterocycles. The second kappa shape index (κ2) is 7.50. The first-order valence-corrected chi connectivity index (χ1v) is 7.32. The van der Waals surface area contributed by atoms with Crippen LogP contribution in [0.4, 0.5) is 0 Å². The fourth-order valence-electron chi connectivity index (χ4n) is 1.60. The zero-order chi connectivity index (χ0) is 13.4. The van der Waals surface area contributed by atoms with Crippen molar-refractivity contribution in [1.29, 1.82) is 0 Å². The summed E-state index contributed by atoms with van der Waals surface area (Å²) < 4.78 is 26.6. The van der Waals surface area contributed by atoms with Crippen molar-refractivity contribution in [3.63, 3.8) is 0 Å². The highest BCUT2D eigenvalue weighted by molar-refractivity contribution is 6.75. The van der Waals surface area contributed by atoms with Crippen molar-refractivity contribution in [3.05, 3.63) is 24.3 Å². The third-order valence-corrected chi connectivity index (χ3v) is 5.22. The summed E-state index contributed by atoms with van der Waals surface area (Å²) in [5.41, 5.74) is 0. The largest absolute Gasteiger partial charge is 0.536 e. The molecule has 1 rings (SSSR count). The maximum atomic E-state index is 5.48. The van der Waals surface area contributed by atoms with Gasteiger partial charge in [-0.1, -0.05) is 12.1 Å². The Morgan fingerprint density at radius 3 is 1.83 bits per heavy atom. The zero-order valence-corrected chi connectivity index (χ0v) is 12.3. The fraction of sp³-hybridized carbons (Fsp3) is 0.500. The summed E-state index contributed by atoms with van der Waals surface area (Å²) in [7, 11) is 3.66. The molecule has 5 nitrogen and oxygen atoms in total. The topological polar surface area (TPSA) is 46.2 Å². The summed E-state index contributed by atoms with van der Waals surface area (Å²) in [6.07, 6.45) is 0. The standard InChI is InChI=1S/C12H20O5Si/c1-13-9-10-17-11-5-7-12(8-6-11)18(14-2,15-3)16-4/h5-8H,9-10H2,1-4H3. The van der Waals surface area contributed by atoms with Gasteiger partial charge in [-0.25, -0.2) is 0 Å². The third-order valence-electron chi connectivity index (χ3n) is 2.57. The quantitative estimate of drug-likeness (QED) is 0.517. The SMILES string of the molecule is COCCOc1ccc([Si](OC)(OC)OC)cc1. The zero-order valence-electron chi connectivity index (χ0n) is 11.3. The molecule has 1 aromatic carbocycles. The Morgan fingerprint density at radius 2 is 1.39 bits per heavy atom. The molecule has 0 saturated carbocycles. The average Bonchev–Trinajstić information content (AvgIpc) is 2.43. The van der Waals surface area contributed by atoms with Gasteiger partial charge in [0.25, 0.3) is 0 Å². The summed E-state index contributed by atoms with van der Waals surface area (Å²) in [6, 6.07) is 7.52. The minimum atomic E-state index is -2.73. The molecule has 0 fully saturated rings. The summed E-state index contributed by atoms with van der Waals surface area (Å²) in [5.74, 6) is 0.780.